The molecule has 1 aromatic carbocycles. The number of carbonyl (C=O) groups is 2. The summed E-state index contributed by atoms with van der Waals surface area (Å²) in [6.45, 7) is 0.357. The Morgan fingerprint density at radius 3 is 2.65 bits per heavy atom. The summed E-state index contributed by atoms with van der Waals surface area (Å²) in [5.41, 5.74) is 1.15. The zero-order chi connectivity index (χ0) is 22.4. The third-order valence-electron chi connectivity index (χ3n) is 5.51. The smallest absolute Gasteiger partial charge is 0.406 e. The first-order chi connectivity index (χ1) is 14.5. The van der Waals surface area contributed by atoms with Crippen LogP contribution in [0.25, 0.3) is 0 Å². The molecule has 4 rings (SSSR count). The number of halogens is 3. The van der Waals surface area contributed by atoms with Crippen LogP contribution in [0.5, 0.6) is 5.75 Å². The fourth-order valence-electron chi connectivity index (χ4n) is 4.12. The summed E-state index contributed by atoms with van der Waals surface area (Å²) in [5.74, 6) is -1.33. The molecule has 1 aromatic rings. The molecule has 12 heteroatoms. The van der Waals surface area contributed by atoms with Gasteiger partial charge in [0.1, 0.15) is 11.5 Å². The van der Waals surface area contributed by atoms with E-state index in [0.29, 0.717) is 30.6 Å². The molecule has 1 atom stereocenters. The quantitative estimate of drug-likeness (QED) is 0.689. The number of benzene rings is 1. The number of hydrogen-bond donors (Lipinski definition) is 0. The second kappa shape index (κ2) is 7.81. The van der Waals surface area contributed by atoms with E-state index < -0.39 is 28.1 Å². The van der Waals surface area contributed by atoms with Gasteiger partial charge in [0.25, 0.3) is 5.91 Å². The number of fused-ring (bicyclic) bond motifs is 1. The van der Waals surface area contributed by atoms with Crippen molar-refractivity contribution in [1.29, 1.82) is 0 Å². The molecule has 0 bridgehead atoms. The Morgan fingerprint density at radius 2 is 1.97 bits per heavy atom. The van der Waals surface area contributed by atoms with Crippen LogP contribution in [0.1, 0.15) is 31.2 Å². The van der Waals surface area contributed by atoms with Crippen molar-refractivity contribution in [3.8, 4) is 5.75 Å². The van der Waals surface area contributed by atoms with Gasteiger partial charge in [0.05, 0.1) is 17.5 Å². The van der Waals surface area contributed by atoms with E-state index in [1.807, 2.05) is 0 Å². The van der Waals surface area contributed by atoms with E-state index in [1.165, 1.54) is 17.0 Å². The first-order valence-electron chi connectivity index (χ1n) is 9.83. The number of hydrazone groups is 1. The van der Waals surface area contributed by atoms with Crippen molar-refractivity contribution in [3.63, 3.8) is 0 Å². The molecule has 0 aliphatic carbocycles. The molecule has 0 aromatic heterocycles. The van der Waals surface area contributed by atoms with Crippen LogP contribution in [-0.4, -0.2) is 61.4 Å². The van der Waals surface area contributed by atoms with Crippen LogP contribution in [0.2, 0.25) is 0 Å². The molecule has 168 valence electrons. The first kappa shape index (κ1) is 21.6. The van der Waals surface area contributed by atoms with Crippen molar-refractivity contribution < 1.29 is 35.9 Å². The topological polar surface area (TPSA) is 96.3 Å². The molecule has 0 saturated carbocycles. The number of ether oxygens (including phenoxy) is 1. The number of rotatable bonds is 3. The van der Waals surface area contributed by atoms with Gasteiger partial charge in [0, 0.05) is 25.1 Å². The zero-order valence-corrected chi connectivity index (χ0v) is 17.2. The van der Waals surface area contributed by atoms with Gasteiger partial charge in [-0.15, -0.1) is 13.2 Å². The molecule has 3 aliphatic heterocycles. The summed E-state index contributed by atoms with van der Waals surface area (Å²) < 4.78 is 65.0. The second-order valence-electron chi connectivity index (χ2n) is 7.74. The van der Waals surface area contributed by atoms with Crippen molar-refractivity contribution in [3.05, 3.63) is 23.8 Å². The highest BCUT2D eigenvalue weighted by Gasteiger charge is 2.38. The Balaban J connectivity index is 1.57. The van der Waals surface area contributed by atoms with Crippen LogP contribution in [0.4, 0.5) is 18.9 Å². The molecule has 31 heavy (non-hydrogen) atoms. The fourth-order valence-corrected chi connectivity index (χ4v) is 5.81. The molecular weight excluding hydrogens is 439 g/mol. The van der Waals surface area contributed by atoms with Crippen LogP contribution in [0, 0.1) is 0 Å². The van der Waals surface area contributed by atoms with Crippen LogP contribution in [-0.2, 0) is 25.8 Å². The van der Waals surface area contributed by atoms with Crippen molar-refractivity contribution in [1.82, 2.24) is 5.01 Å². The molecule has 2 amide bonds. The zero-order valence-electron chi connectivity index (χ0n) is 16.4. The lowest BCUT2D eigenvalue weighted by molar-refractivity contribution is -0.274. The van der Waals surface area contributed by atoms with Crippen LogP contribution < -0.4 is 9.64 Å². The Kier molecular flexibility index (Phi) is 5.44. The number of anilines is 1. The standard InChI is InChI=1S/C19H20F3N3O5S/c20-19(21,22)30-14-3-5-16-12(10-14)2-1-8-24(16)18(27)15-4-6-17(26)25(23-15)13-7-9-31(28,29)11-13/h3,5,10,13H,1-2,4,6-9,11H2. The molecule has 0 N–H and O–H groups in total. The van der Waals surface area contributed by atoms with Gasteiger partial charge in [-0.1, -0.05) is 0 Å². The maximum Gasteiger partial charge on any atom is 0.573 e. The normalized spacial score (nSPS) is 23.4. The Hall–Kier alpha value is -2.63. The number of hydrogen-bond acceptors (Lipinski definition) is 6. The van der Waals surface area contributed by atoms with Crippen LogP contribution >= 0.6 is 0 Å². The van der Waals surface area contributed by atoms with Gasteiger partial charge in [-0.3, -0.25) is 9.59 Å². The highest BCUT2D eigenvalue weighted by Crippen LogP contribution is 2.33. The summed E-state index contributed by atoms with van der Waals surface area (Å²) in [7, 11) is -3.23. The summed E-state index contributed by atoms with van der Waals surface area (Å²) in [6.07, 6.45) is -3.34. The summed E-state index contributed by atoms with van der Waals surface area (Å²) in [5, 5.41) is 5.31. The molecule has 1 unspecified atom stereocenters. The molecule has 0 spiro atoms. The van der Waals surface area contributed by atoms with Gasteiger partial charge in [0.15, 0.2) is 9.84 Å². The average Bonchev–Trinajstić information content (AvgIpc) is 3.05. The highest BCUT2D eigenvalue weighted by molar-refractivity contribution is 7.91. The fraction of sp³-hybridized carbons (Fsp3) is 0.526. The van der Waals surface area contributed by atoms with E-state index in [1.54, 1.807) is 0 Å². The number of nitrogens with zero attached hydrogens (tertiary/aromatic N) is 3. The predicted octanol–water partition coefficient (Wildman–Crippen LogP) is 2.03. The predicted molar refractivity (Wildman–Crippen MR) is 104 cm³/mol. The lowest BCUT2D eigenvalue weighted by atomic mass is 10.00. The molecular formula is C19H20F3N3O5S. The van der Waals surface area contributed by atoms with Gasteiger partial charge in [-0.25, -0.2) is 13.4 Å². The van der Waals surface area contributed by atoms with Gasteiger partial charge >= 0.3 is 6.36 Å². The van der Waals surface area contributed by atoms with E-state index in [0.717, 1.165) is 11.1 Å². The Labute approximate surface area is 176 Å². The number of aryl methyl sites for hydroxylation is 1. The van der Waals surface area contributed by atoms with Gasteiger partial charge in [-0.05, 0) is 43.0 Å². The van der Waals surface area contributed by atoms with E-state index in [2.05, 4.69) is 9.84 Å². The lowest BCUT2D eigenvalue weighted by Gasteiger charge is -2.32. The van der Waals surface area contributed by atoms with Gasteiger partial charge in [-0.2, -0.15) is 5.10 Å². The molecule has 3 heterocycles. The maximum atomic E-state index is 13.2. The maximum absolute atomic E-state index is 13.2. The lowest BCUT2D eigenvalue weighted by Crippen LogP contribution is -2.46. The first-order valence-corrected chi connectivity index (χ1v) is 11.6. The third kappa shape index (κ3) is 4.68. The van der Waals surface area contributed by atoms with E-state index in [9.17, 15) is 31.2 Å². The van der Waals surface area contributed by atoms with Crippen molar-refractivity contribution in [2.24, 2.45) is 5.10 Å². The monoisotopic (exact) mass is 459 g/mol. The van der Waals surface area contributed by atoms with Crippen molar-refractivity contribution >= 4 is 33.1 Å². The van der Waals surface area contributed by atoms with E-state index in [4.69, 9.17) is 0 Å². The summed E-state index contributed by atoms with van der Waals surface area (Å²) in [6, 6.07) is 3.24. The average molecular weight is 459 g/mol. The highest BCUT2D eigenvalue weighted by atomic mass is 32.2. The van der Waals surface area contributed by atoms with Crippen LogP contribution in [0.3, 0.4) is 0 Å². The minimum atomic E-state index is -4.81. The van der Waals surface area contributed by atoms with E-state index in [-0.39, 0.29) is 48.1 Å². The SMILES string of the molecule is O=C(C1=NN(C2CCS(=O)(=O)C2)C(=O)CC1)N1CCCc2cc(OC(F)(F)F)ccc21. The van der Waals surface area contributed by atoms with E-state index >= 15 is 0 Å². The van der Waals surface area contributed by atoms with Gasteiger partial charge < -0.3 is 9.64 Å². The summed E-state index contributed by atoms with van der Waals surface area (Å²) >= 11 is 0. The Morgan fingerprint density at radius 1 is 1.19 bits per heavy atom. The summed E-state index contributed by atoms with van der Waals surface area (Å²) in [4.78, 5) is 26.9. The number of amides is 2. The largest absolute Gasteiger partial charge is 0.573 e. The molecule has 8 nitrogen and oxygen atoms in total. The van der Waals surface area contributed by atoms with Crippen molar-refractivity contribution in [2.75, 3.05) is 23.0 Å². The Bertz CT molecular complexity index is 1050. The number of alkyl halides is 3. The molecule has 0 radical (unpaired) electrons. The second-order valence-corrected chi connectivity index (χ2v) is 9.97. The minimum Gasteiger partial charge on any atom is -0.406 e. The minimum absolute atomic E-state index is 0.0257. The molecule has 1 saturated heterocycles. The van der Waals surface area contributed by atoms with Crippen molar-refractivity contribution in [2.45, 2.75) is 44.5 Å². The van der Waals surface area contributed by atoms with Gasteiger partial charge in [0.2, 0.25) is 5.91 Å². The number of carbonyl (C=O) groups excluding carboxylic acids is 2. The van der Waals surface area contributed by atoms with Crippen LogP contribution in [0.15, 0.2) is 23.3 Å². The molecule has 3 aliphatic rings. The molecule has 1 fully saturated rings. The number of sulfone groups is 1. The third-order valence-corrected chi connectivity index (χ3v) is 7.26.